The van der Waals surface area contributed by atoms with E-state index in [1.165, 1.54) is 0 Å². The minimum absolute atomic E-state index is 0. The minimum atomic E-state index is -1.14. The summed E-state index contributed by atoms with van der Waals surface area (Å²) in [4.78, 5) is 55.3. The van der Waals surface area contributed by atoms with Gasteiger partial charge in [0.25, 0.3) is 0 Å². The van der Waals surface area contributed by atoms with Crippen molar-refractivity contribution in [2.24, 2.45) is 0 Å². The molecule has 0 aliphatic carbocycles. The molecule has 0 radical (unpaired) electrons. The Morgan fingerprint density at radius 2 is 0.622 bits per heavy atom. The van der Waals surface area contributed by atoms with Gasteiger partial charge in [0.2, 0.25) is 0 Å². The molecule has 4 aromatic rings. The van der Waals surface area contributed by atoms with Gasteiger partial charge in [-0.3, -0.25) is 0 Å². The maximum atomic E-state index is 9.97. The monoisotopic (exact) mass is 784 g/mol. The summed E-state index contributed by atoms with van der Waals surface area (Å²) in [5.74, 6) is -2.42. The van der Waals surface area contributed by atoms with E-state index >= 15 is 0 Å². The summed E-state index contributed by atoms with van der Waals surface area (Å²) in [5, 5.41) is 50.2. The van der Waals surface area contributed by atoms with Crippen LogP contribution in [0.1, 0.15) is 0 Å². The third-order valence-electron chi connectivity index (χ3n) is 4.31. The first-order chi connectivity index (χ1) is 21.2. The third-order valence-corrected chi connectivity index (χ3v) is 4.31. The average molecular weight is 783 g/mol. The molecular weight excluding hydrogens is 755 g/mol. The predicted octanol–water partition coefficient (Wildman–Crippen LogP) is -3.03. The fourth-order valence-electron chi connectivity index (χ4n) is 2.52. The molecule has 0 unspecified atom stereocenters. The Bertz CT molecular complexity index is 1160. The number of aliphatic carboxylic acids is 4. The van der Waals surface area contributed by atoms with E-state index < -0.39 is 23.9 Å². The Balaban J connectivity index is 0.000000569. The van der Waals surface area contributed by atoms with E-state index in [9.17, 15) is 39.6 Å². The number of pyridine rings is 4. The summed E-state index contributed by atoms with van der Waals surface area (Å²) in [6.45, 7) is -0.845. The van der Waals surface area contributed by atoms with Crippen molar-refractivity contribution >= 4 is 47.1 Å². The molecular formula is C28H28HfN8O8. The summed E-state index contributed by atoms with van der Waals surface area (Å²) >= 11 is 0. The van der Waals surface area contributed by atoms with Gasteiger partial charge in [-0.2, -0.15) is 0 Å². The van der Waals surface area contributed by atoms with Crippen molar-refractivity contribution in [3.05, 3.63) is 97.6 Å². The van der Waals surface area contributed by atoms with Crippen LogP contribution in [0, 0.1) is 0 Å². The van der Waals surface area contributed by atoms with Crippen molar-refractivity contribution < 1.29 is 65.4 Å². The van der Waals surface area contributed by atoms with E-state index in [-0.39, 0.29) is 52.0 Å². The molecule has 4 N–H and O–H groups in total. The van der Waals surface area contributed by atoms with Crippen LogP contribution in [0.15, 0.2) is 97.6 Å². The van der Waals surface area contributed by atoms with Gasteiger partial charge in [-0.05, 0) is 48.5 Å². The topological polar surface area (TPSA) is 260 Å². The number of nitrogens with one attached hydrogen (secondary N) is 4. The predicted molar refractivity (Wildman–Crippen MR) is 151 cm³/mol. The van der Waals surface area contributed by atoms with Crippen molar-refractivity contribution in [2.45, 2.75) is 0 Å². The first-order valence-electron chi connectivity index (χ1n) is 12.5. The Kier molecular flexibility index (Phi) is 22.0. The van der Waals surface area contributed by atoms with Gasteiger partial charge in [0, 0.05) is 24.8 Å². The smallest absolute Gasteiger partial charge is 0.548 e. The number of anilines is 4. The van der Waals surface area contributed by atoms with Crippen LogP contribution >= 0.6 is 0 Å². The maximum Gasteiger partial charge on any atom is 4.00 e. The van der Waals surface area contributed by atoms with Crippen LogP contribution in [0.25, 0.3) is 0 Å². The fourth-order valence-corrected chi connectivity index (χ4v) is 2.52. The maximum absolute atomic E-state index is 9.97. The summed E-state index contributed by atoms with van der Waals surface area (Å²) < 4.78 is 0. The van der Waals surface area contributed by atoms with E-state index in [4.69, 9.17) is 0 Å². The van der Waals surface area contributed by atoms with Gasteiger partial charge in [0.1, 0.15) is 23.3 Å². The average Bonchev–Trinajstić information content (AvgIpc) is 3.04. The molecule has 0 saturated carbocycles. The number of rotatable bonds is 12. The van der Waals surface area contributed by atoms with E-state index in [0.29, 0.717) is 23.3 Å². The van der Waals surface area contributed by atoms with Crippen LogP contribution in [0.5, 0.6) is 0 Å². The molecule has 17 heteroatoms. The number of carboxylic acid groups (broad SMARTS) is 4. The van der Waals surface area contributed by atoms with Crippen molar-refractivity contribution in [3.8, 4) is 0 Å². The molecule has 0 saturated heterocycles. The molecule has 0 spiro atoms. The molecule has 45 heavy (non-hydrogen) atoms. The zero-order chi connectivity index (χ0) is 32.4. The van der Waals surface area contributed by atoms with Crippen molar-refractivity contribution in [2.75, 3.05) is 47.4 Å². The summed E-state index contributed by atoms with van der Waals surface area (Å²) in [7, 11) is 0. The number of nitrogens with zero attached hydrogens (tertiary/aromatic N) is 4. The van der Waals surface area contributed by atoms with Crippen LogP contribution in [-0.4, -0.2) is 70.0 Å². The molecule has 0 aliphatic heterocycles. The van der Waals surface area contributed by atoms with Crippen molar-refractivity contribution in [1.82, 2.24) is 19.9 Å². The second-order valence-electron chi connectivity index (χ2n) is 7.76. The zero-order valence-electron chi connectivity index (χ0n) is 23.6. The van der Waals surface area contributed by atoms with Gasteiger partial charge < -0.3 is 60.9 Å². The van der Waals surface area contributed by atoms with E-state index in [1.807, 2.05) is 0 Å². The van der Waals surface area contributed by atoms with Crippen molar-refractivity contribution in [3.63, 3.8) is 0 Å². The van der Waals surface area contributed by atoms with Crippen LogP contribution in [0.4, 0.5) is 23.3 Å². The van der Waals surface area contributed by atoms with E-state index in [1.54, 1.807) is 97.6 Å². The number of hydrogen-bond donors (Lipinski definition) is 4. The van der Waals surface area contributed by atoms with Crippen LogP contribution in [0.2, 0.25) is 0 Å². The number of carbonyl (C=O) groups is 4. The van der Waals surface area contributed by atoms with Crippen LogP contribution in [-0.2, 0) is 45.0 Å². The molecule has 16 nitrogen and oxygen atoms in total. The first kappa shape index (κ1) is 39.6. The molecule has 232 valence electrons. The number of carbonyl (C=O) groups excluding carboxylic acids is 4. The molecule has 4 rings (SSSR count). The first-order valence-corrected chi connectivity index (χ1v) is 12.5. The Morgan fingerprint density at radius 3 is 0.756 bits per heavy atom. The van der Waals surface area contributed by atoms with Gasteiger partial charge in [-0.25, -0.2) is 19.9 Å². The van der Waals surface area contributed by atoms with Gasteiger partial charge in [0.05, 0.1) is 50.1 Å². The third kappa shape index (κ3) is 23.8. The van der Waals surface area contributed by atoms with Crippen LogP contribution in [0.3, 0.4) is 0 Å². The van der Waals surface area contributed by atoms with Gasteiger partial charge in [-0.15, -0.1) is 0 Å². The molecule has 0 aliphatic rings. The summed E-state index contributed by atoms with van der Waals surface area (Å²) in [6.07, 6.45) is 6.32. The van der Waals surface area contributed by atoms with Crippen molar-refractivity contribution in [1.29, 1.82) is 0 Å². The van der Waals surface area contributed by atoms with Crippen LogP contribution < -0.4 is 41.7 Å². The molecule has 0 bridgehead atoms. The molecule has 0 aromatic carbocycles. The second-order valence-corrected chi connectivity index (χ2v) is 7.76. The molecule has 4 heterocycles. The molecule has 0 amide bonds. The van der Waals surface area contributed by atoms with Gasteiger partial charge >= 0.3 is 25.8 Å². The van der Waals surface area contributed by atoms with E-state index in [2.05, 4.69) is 41.2 Å². The molecule has 4 aromatic heterocycles. The Hall–Kier alpha value is -5.45. The number of carboxylic acids is 4. The van der Waals surface area contributed by atoms with Gasteiger partial charge in [0.15, 0.2) is 0 Å². The SMILES string of the molecule is O=C([O-])CNc1ccccn1.O=C([O-])CNc1ccccn1.O=C([O-])CNc1ccccn1.O=C([O-])CNc1ccccn1.[Hf+4]. The number of hydrogen-bond acceptors (Lipinski definition) is 16. The van der Waals surface area contributed by atoms with Gasteiger partial charge in [-0.1, -0.05) is 24.3 Å². The molecule has 0 atom stereocenters. The largest absolute Gasteiger partial charge is 4.00 e. The summed E-state index contributed by atoms with van der Waals surface area (Å²) in [5.41, 5.74) is 0. The Labute approximate surface area is 276 Å². The zero-order valence-corrected chi connectivity index (χ0v) is 27.2. The fraction of sp³-hybridized carbons (Fsp3) is 0.143. The standard InChI is InChI=1S/4C7H8N2O2.Hf/c4*10-7(11)5-9-6-3-1-2-4-8-6;/h4*1-4H,5H2,(H,8,9)(H,10,11);/q;;;;+4/p-4. The number of aromatic nitrogens is 4. The quantitative estimate of drug-likeness (QED) is 0.104. The minimum Gasteiger partial charge on any atom is -0.548 e. The molecule has 0 fully saturated rings. The van der Waals surface area contributed by atoms with E-state index in [0.717, 1.165) is 0 Å². The summed E-state index contributed by atoms with van der Waals surface area (Å²) in [6, 6.07) is 20.8. The second kappa shape index (κ2) is 25.1. The normalized spacial score (nSPS) is 8.89. The Morgan fingerprint density at radius 1 is 0.422 bits per heavy atom.